The average Bonchev–Trinajstić information content (AvgIpc) is 2.35. The summed E-state index contributed by atoms with van der Waals surface area (Å²) in [5.41, 5.74) is 0.0973. The van der Waals surface area contributed by atoms with Crippen molar-refractivity contribution in [3.05, 3.63) is 0 Å². The Hall–Kier alpha value is 0.110. The molecule has 1 aliphatic heterocycles. The molecule has 0 aromatic carbocycles. The van der Waals surface area contributed by atoms with Crippen LogP contribution in [-0.2, 0) is 9.09 Å². The summed E-state index contributed by atoms with van der Waals surface area (Å²) in [5.74, 6) is 0. The van der Waals surface area contributed by atoms with Crippen molar-refractivity contribution in [3.63, 3.8) is 0 Å². The van der Waals surface area contributed by atoms with Gasteiger partial charge in [0.1, 0.15) is 0 Å². The lowest BCUT2D eigenvalue weighted by Crippen LogP contribution is -2.48. The SMILES string of the molecule is CC(C)N1CCN(P(=O)(OCC(C)(C)C)C(C)C)CC1. The molecule has 0 radical (unpaired) electrons. The van der Waals surface area contributed by atoms with E-state index in [4.69, 9.17) is 4.52 Å². The molecule has 20 heavy (non-hydrogen) atoms. The topological polar surface area (TPSA) is 32.8 Å². The zero-order valence-electron chi connectivity index (χ0n) is 14.3. The molecule has 0 N–H and O–H groups in total. The monoisotopic (exact) mass is 304 g/mol. The number of hydrogen-bond acceptors (Lipinski definition) is 3. The molecule has 1 rings (SSSR count). The Morgan fingerprint density at radius 3 is 1.90 bits per heavy atom. The summed E-state index contributed by atoms with van der Waals surface area (Å²) >= 11 is 0. The van der Waals surface area contributed by atoms with Gasteiger partial charge >= 0.3 is 0 Å². The molecule has 0 amide bonds. The van der Waals surface area contributed by atoms with Crippen LogP contribution < -0.4 is 0 Å². The standard InChI is InChI=1S/C15H33N2O2P/c1-13(2)16-8-10-17(11-9-16)20(18,14(3)4)19-12-15(5,6)7/h13-14H,8-12H2,1-7H3. The fourth-order valence-corrected chi connectivity index (χ4v) is 4.77. The van der Waals surface area contributed by atoms with Crippen molar-refractivity contribution in [1.82, 2.24) is 9.57 Å². The predicted molar refractivity (Wildman–Crippen MR) is 86.4 cm³/mol. The van der Waals surface area contributed by atoms with Gasteiger partial charge in [0.05, 0.1) is 6.61 Å². The first kappa shape index (κ1) is 18.2. The quantitative estimate of drug-likeness (QED) is 0.725. The predicted octanol–water partition coefficient (Wildman–Crippen LogP) is 3.68. The second kappa shape index (κ2) is 6.91. The summed E-state index contributed by atoms with van der Waals surface area (Å²) < 4.78 is 21.3. The van der Waals surface area contributed by atoms with Gasteiger partial charge in [-0.2, -0.15) is 0 Å². The minimum atomic E-state index is -2.71. The lowest BCUT2D eigenvalue weighted by atomic mass is 9.99. The van der Waals surface area contributed by atoms with Crippen LogP contribution in [0.25, 0.3) is 0 Å². The lowest BCUT2D eigenvalue weighted by molar-refractivity contribution is 0.125. The normalized spacial score (nSPS) is 22.4. The number of piperazine rings is 1. The van der Waals surface area contributed by atoms with E-state index >= 15 is 0 Å². The van der Waals surface area contributed by atoms with Gasteiger partial charge < -0.3 is 4.52 Å². The van der Waals surface area contributed by atoms with E-state index < -0.39 is 7.52 Å². The maximum absolute atomic E-state index is 13.3. The second-order valence-electron chi connectivity index (χ2n) is 7.58. The molecule has 0 bridgehead atoms. The Balaban J connectivity index is 2.70. The first-order chi connectivity index (χ1) is 9.06. The van der Waals surface area contributed by atoms with Crippen LogP contribution in [0.1, 0.15) is 48.5 Å². The molecule has 120 valence electrons. The minimum absolute atomic E-state index is 0.0459. The summed E-state index contributed by atoms with van der Waals surface area (Å²) in [6, 6.07) is 0.561. The highest BCUT2D eigenvalue weighted by atomic mass is 31.2. The first-order valence-electron chi connectivity index (χ1n) is 7.80. The van der Waals surface area contributed by atoms with Crippen LogP contribution in [0.4, 0.5) is 0 Å². The van der Waals surface area contributed by atoms with E-state index in [2.05, 4.69) is 44.2 Å². The molecule has 1 heterocycles. The van der Waals surface area contributed by atoms with Crippen molar-refractivity contribution in [3.8, 4) is 0 Å². The molecule has 4 nitrogen and oxygen atoms in total. The van der Waals surface area contributed by atoms with Crippen molar-refractivity contribution in [2.45, 2.75) is 60.2 Å². The maximum Gasteiger partial charge on any atom is 0.274 e. The van der Waals surface area contributed by atoms with Crippen LogP contribution >= 0.6 is 7.52 Å². The molecule has 1 atom stereocenters. The Morgan fingerprint density at radius 1 is 1.05 bits per heavy atom. The van der Waals surface area contributed by atoms with Crippen molar-refractivity contribution in [2.75, 3.05) is 32.8 Å². The third kappa shape index (κ3) is 4.84. The fourth-order valence-electron chi connectivity index (χ4n) is 2.35. The molecule has 1 saturated heterocycles. The molecular formula is C15H33N2O2P. The molecule has 5 heteroatoms. The van der Waals surface area contributed by atoms with Crippen molar-refractivity contribution < 1.29 is 9.09 Å². The molecule has 1 unspecified atom stereocenters. The van der Waals surface area contributed by atoms with Crippen LogP contribution in [0.5, 0.6) is 0 Å². The van der Waals surface area contributed by atoms with Crippen LogP contribution in [0.2, 0.25) is 0 Å². The van der Waals surface area contributed by atoms with Gasteiger partial charge in [-0.3, -0.25) is 9.46 Å². The van der Waals surface area contributed by atoms with Crippen LogP contribution in [-0.4, -0.2) is 54.1 Å². The van der Waals surface area contributed by atoms with E-state index in [1.54, 1.807) is 0 Å². The highest BCUT2D eigenvalue weighted by Crippen LogP contribution is 2.56. The van der Waals surface area contributed by atoms with Gasteiger partial charge in [0.15, 0.2) is 0 Å². The smallest absolute Gasteiger partial charge is 0.274 e. The third-order valence-corrected chi connectivity index (χ3v) is 6.74. The molecule has 0 aromatic heterocycles. The molecular weight excluding hydrogens is 271 g/mol. The minimum Gasteiger partial charge on any atom is -0.317 e. The van der Waals surface area contributed by atoms with Gasteiger partial charge in [0.25, 0.3) is 7.52 Å². The zero-order valence-corrected chi connectivity index (χ0v) is 15.2. The molecule has 0 aliphatic carbocycles. The summed E-state index contributed by atoms with van der Waals surface area (Å²) in [5, 5.41) is 0. The molecule has 0 spiro atoms. The fraction of sp³-hybridized carbons (Fsp3) is 1.00. The first-order valence-corrected chi connectivity index (χ1v) is 9.44. The van der Waals surface area contributed by atoms with E-state index in [0.717, 1.165) is 26.2 Å². The van der Waals surface area contributed by atoms with Crippen LogP contribution in [0, 0.1) is 5.41 Å². The van der Waals surface area contributed by atoms with Crippen LogP contribution in [0.15, 0.2) is 0 Å². The Morgan fingerprint density at radius 2 is 1.55 bits per heavy atom. The van der Waals surface area contributed by atoms with Gasteiger partial charge in [-0.1, -0.05) is 34.6 Å². The molecule has 1 fully saturated rings. The van der Waals surface area contributed by atoms with Crippen molar-refractivity contribution in [2.24, 2.45) is 5.41 Å². The van der Waals surface area contributed by atoms with Gasteiger partial charge in [-0.25, -0.2) is 4.67 Å². The maximum atomic E-state index is 13.3. The van der Waals surface area contributed by atoms with Crippen molar-refractivity contribution in [1.29, 1.82) is 0 Å². The zero-order chi connectivity index (χ0) is 15.6. The van der Waals surface area contributed by atoms with Crippen LogP contribution in [0.3, 0.4) is 0 Å². The highest BCUT2D eigenvalue weighted by molar-refractivity contribution is 7.57. The summed E-state index contributed by atoms with van der Waals surface area (Å²) in [6.45, 7) is 19.0. The molecule has 0 aromatic rings. The van der Waals surface area contributed by atoms with E-state index in [-0.39, 0.29) is 11.1 Å². The second-order valence-corrected chi connectivity index (χ2v) is 10.6. The summed E-state index contributed by atoms with van der Waals surface area (Å²) in [7, 11) is -2.71. The van der Waals surface area contributed by atoms with Crippen molar-refractivity contribution >= 4 is 7.52 Å². The molecule has 0 saturated carbocycles. The van der Waals surface area contributed by atoms with Gasteiger partial charge in [0, 0.05) is 37.9 Å². The largest absolute Gasteiger partial charge is 0.317 e. The Kier molecular flexibility index (Phi) is 6.28. The third-order valence-electron chi connectivity index (χ3n) is 3.75. The van der Waals surface area contributed by atoms with Gasteiger partial charge in [-0.05, 0) is 19.3 Å². The van der Waals surface area contributed by atoms with Gasteiger partial charge in [-0.15, -0.1) is 0 Å². The highest BCUT2D eigenvalue weighted by Gasteiger charge is 2.38. The Labute approximate surface area is 125 Å². The summed E-state index contributed by atoms with van der Waals surface area (Å²) in [4.78, 5) is 2.44. The molecule has 1 aliphatic rings. The Bertz CT molecular complexity index is 342. The van der Waals surface area contributed by atoms with E-state index in [1.807, 2.05) is 13.8 Å². The van der Waals surface area contributed by atoms with E-state index in [9.17, 15) is 4.57 Å². The van der Waals surface area contributed by atoms with E-state index in [1.165, 1.54) is 0 Å². The summed E-state index contributed by atoms with van der Waals surface area (Å²) in [6.07, 6.45) is 0. The van der Waals surface area contributed by atoms with Gasteiger partial charge in [0.2, 0.25) is 0 Å². The lowest BCUT2D eigenvalue weighted by Gasteiger charge is -2.42. The van der Waals surface area contributed by atoms with E-state index in [0.29, 0.717) is 12.6 Å². The number of nitrogens with zero attached hydrogens (tertiary/aromatic N) is 2. The average molecular weight is 304 g/mol. The number of rotatable bonds is 5. The number of hydrogen-bond donors (Lipinski definition) is 0.